The van der Waals surface area contributed by atoms with Crippen LogP contribution >= 0.6 is 0 Å². The van der Waals surface area contributed by atoms with Crippen molar-refractivity contribution in [2.45, 2.75) is 38.7 Å². The molecule has 0 atom stereocenters. The minimum atomic E-state index is -0.168. The minimum Gasteiger partial charge on any atom is -0.393 e. The van der Waals surface area contributed by atoms with E-state index >= 15 is 0 Å². The summed E-state index contributed by atoms with van der Waals surface area (Å²) >= 11 is 0. The Bertz CT molecular complexity index is 646. The van der Waals surface area contributed by atoms with Crippen LogP contribution in [-0.2, 0) is 0 Å². The van der Waals surface area contributed by atoms with Crippen LogP contribution in [0.15, 0.2) is 12.5 Å². The largest absolute Gasteiger partial charge is 0.393 e. The number of fused-ring (bicyclic) bond motifs is 1. The van der Waals surface area contributed by atoms with Gasteiger partial charge in [-0.25, -0.2) is 9.50 Å². The zero-order valence-electron chi connectivity index (χ0n) is 12.0. The summed E-state index contributed by atoms with van der Waals surface area (Å²) in [6, 6.07) is 0. The minimum absolute atomic E-state index is 0.136. The Morgan fingerprint density at radius 3 is 2.90 bits per heavy atom. The summed E-state index contributed by atoms with van der Waals surface area (Å²) in [5, 5.41) is 16.5. The van der Waals surface area contributed by atoms with Crippen molar-refractivity contribution in [3.8, 4) is 0 Å². The summed E-state index contributed by atoms with van der Waals surface area (Å²) in [6.45, 7) is 2.47. The summed E-state index contributed by atoms with van der Waals surface area (Å²) in [5.74, 6) is 0.801. The van der Waals surface area contributed by atoms with Gasteiger partial charge in [0.2, 0.25) is 0 Å². The molecule has 1 aliphatic carbocycles. The molecule has 0 saturated heterocycles. The van der Waals surface area contributed by atoms with Gasteiger partial charge in [0, 0.05) is 12.7 Å². The molecule has 1 amide bonds. The molecule has 1 aliphatic rings. The molecule has 7 nitrogen and oxygen atoms in total. The first-order chi connectivity index (χ1) is 10.1. The van der Waals surface area contributed by atoms with Crippen molar-refractivity contribution in [1.82, 2.24) is 24.9 Å². The lowest BCUT2D eigenvalue weighted by Crippen LogP contribution is -2.32. The van der Waals surface area contributed by atoms with Gasteiger partial charge in [0.15, 0.2) is 0 Å². The zero-order chi connectivity index (χ0) is 14.8. The van der Waals surface area contributed by atoms with Gasteiger partial charge in [-0.15, -0.1) is 0 Å². The molecular weight excluding hydrogens is 270 g/mol. The smallest absolute Gasteiger partial charge is 0.254 e. The van der Waals surface area contributed by atoms with Crippen LogP contribution in [0.25, 0.3) is 5.78 Å². The van der Waals surface area contributed by atoms with Crippen molar-refractivity contribution in [3.63, 3.8) is 0 Å². The van der Waals surface area contributed by atoms with E-state index in [2.05, 4.69) is 20.4 Å². The van der Waals surface area contributed by atoms with Gasteiger partial charge < -0.3 is 10.4 Å². The van der Waals surface area contributed by atoms with Gasteiger partial charge in [0.25, 0.3) is 11.7 Å². The number of nitrogens with zero attached hydrogens (tertiary/aromatic N) is 4. The van der Waals surface area contributed by atoms with E-state index in [0.717, 1.165) is 31.4 Å². The monoisotopic (exact) mass is 289 g/mol. The molecule has 7 heteroatoms. The standard InChI is InChI=1S/C14H19N5O2/c1-9-12(7-16-14-17-8-18-19(9)14)13(21)15-6-10-2-4-11(20)5-3-10/h7-8,10-11,20H,2-6H2,1H3,(H,15,21). The molecule has 2 aromatic heterocycles. The van der Waals surface area contributed by atoms with Gasteiger partial charge in [-0.3, -0.25) is 4.79 Å². The van der Waals surface area contributed by atoms with Crippen LogP contribution in [0.4, 0.5) is 0 Å². The molecule has 1 fully saturated rings. The number of aromatic nitrogens is 4. The number of carbonyl (C=O) groups is 1. The summed E-state index contributed by atoms with van der Waals surface area (Å²) in [4.78, 5) is 20.4. The topological polar surface area (TPSA) is 92.4 Å². The number of hydrogen-bond donors (Lipinski definition) is 2. The fraction of sp³-hybridized carbons (Fsp3) is 0.571. The maximum Gasteiger partial charge on any atom is 0.254 e. The van der Waals surface area contributed by atoms with E-state index in [1.807, 2.05) is 6.92 Å². The van der Waals surface area contributed by atoms with E-state index in [9.17, 15) is 9.90 Å². The molecule has 0 spiro atoms. The fourth-order valence-corrected chi connectivity index (χ4v) is 2.79. The van der Waals surface area contributed by atoms with Crippen LogP contribution in [-0.4, -0.2) is 43.2 Å². The van der Waals surface area contributed by atoms with Crippen LogP contribution in [0.5, 0.6) is 0 Å². The van der Waals surface area contributed by atoms with Crippen molar-refractivity contribution >= 4 is 11.7 Å². The summed E-state index contributed by atoms with van der Waals surface area (Å²) < 4.78 is 1.56. The van der Waals surface area contributed by atoms with Crippen LogP contribution < -0.4 is 5.32 Å². The second kappa shape index (κ2) is 5.77. The lowest BCUT2D eigenvalue weighted by molar-refractivity contribution is 0.0909. The number of aryl methyl sites for hydroxylation is 1. The summed E-state index contributed by atoms with van der Waals surface area (Å²) in [5.41, 5.74) is 1.25. The van der Waals surface area contributed by atoms with Crippen LogP contribution in [0, 0.1) is 12.8 Å². The van der Waals surface area contributed by atoms with Gasteiger partial charge in [0.05, 0.1) is 17.4 Å². The average molecular weight is 289 g/mol. The molecule has 21 heavy (non-hydrogen) atoms. The number of aliphatic hydroxyl groups excluding tert-OH is 1. The van der Waals surface area contributed by atoms with Crippen molar-refractivity contribution in [2.24, 2.45) is 5.92 Å². The van der Waals surface area contributed by atoms with Gasteiger partial charge >= 0.3 is 0 Å². The molecule has 0 aromatic carbocycles. The maximum atomic E-state index is 12.3. The molecule has 2 N–H and O–H groups in total. The quantitative estimate of drug-likeness (QED) is 0.868. The van der Waals surface area contributed by atoms with Gasteiger partial charge in [-0.05, 0) is 38.5 Å². The van der Waals surface area contributed by atoms with E-state index in [1.54, 1.807) is 10.7 Å². The number of carbonyl (C=O) groups excluding carboxylic acids is 1. The van der Waals surface area contributed by atoms with Crippen molar-refractivity contribution in [1.29, 1.82) is 0 Å². The van der Waals surface area contributed by atoms with E-state index in [0.29, 0.717) is 23.8 Å². The predicted octanol–water partition coefficient (Wildman–Crippen LogP) is 0.714. The molecule has 3 rings (SSSR count). The molecule has 0 aliphatic heterocycles. The van der Waals surface area contributed by atoms with Crippen molar-refractivity contribution in [3.05, 3.63) is 23.8 Å². The van der Waals surface area contributed by atoms with Crippen molar-refractivity contribution < 1.29 is 9.90 Å². The lowest BCUT2D eigenvalue weighted by Gasteiger charge is -2.25. The number of amides is 1. The Hall–Kier alpha value is -2.02. The van der Waals surface area contributed by atoms with E-state index in [-0.39, 0.29) is 12.0 Å². The number of rotatable bonds is 3. The highest BCUT2D eigenvalue weighted by atomic mass is 16.3. The van der Waals surface area contributed by atoms with Gasteiger partial charge in [-0.1, -0.05) is 0 Å². The highest BCUT2D eigenvalue weighted by Gasteiger charge is 2.20. The van der Waals surface area contributed by atoms with Crippen LogP contribution in [0.2, 0.25) is 0 Å². The first kappa shape index (κ1) is 13.9. The van der Waals surface area contributed by atoms with E-state index < -0.39 is 0 Å². The SMILES string of the molecule is Cc1c(C(=O)NCC2CCC(O)CC2)cnc2ncnn12. The Morgan fingerprint density at radius 2 is 2.14 bits per heavy atom. The molecule has 0 bridgehead atoms. The van der Waals surface area contributed by atoms with E-state index in [4.69, 9.17) is 0 Å². The summed E-state index contributed by atoms with van der Waals surface area (Å²) in [6.07, 6.45) is 6.36. The molecule has 112 valence electrons. The number of aliphatic hydroxyl groups is 1. The highest BCUT2D eigenvalue weighted by Crippen LogP contribution is 2.23. The van der Waals surface area contributed by atoms with Crippen molar-refractivity contribution in [2.75, 3.05) is 6.54 Å². The van der Waals surface area contributed by atoms with Gasteiger partial charge in [0.1, 0.15) is 6.33 Å². The normalized spacial score (nSPS) is 22.4. The number of hydrogen-bond acceptors (Lipinski definition) is 5. The molecule has 0 unspecified atom stereocenters. The Kier molecular flexibility index (Phi) is 3.83. The third kappa shape index (κ3) is 2.87. The Balaban J connectivity index is 1.65. The second-order valence-corrected chi connectivity index (χ2v) is 5.61. The third-order valence-corrected chi connectivity index (χ3v) is 4.16. The molecule has 0 radical (unpaired) electrons. The molecular formula is C14H19N5O2. The van der Waals surface area contributed by atoms with Gasteiger partial charge in [-0.2, -0.15) is 10.1 Å². The number of nitrogens with one attached hydrogen (secondary N) is 1. The maximum absolute atomic E-state index is 12.3. The second-order valence-electron chi connectivity index (χ2n) is 5.61. The van der Waals surface area contributed by atoms with Crippen LogP contribution in [0.1, 0.15) is 41.7 Å². The van der Waals surface area contributed by atoms with Crippen LogP contribution in [0.3, 0.4) is 0 Å². The average Bonchev–Trinajstić information content (AvgIpc) is 2.96. The third-order valence-electron chi connectivity index (χ3n) is 4.16. The first-order valence-corrected chi connectivity index (χ1v) is 7.26. The molecule has 1 saturated carbocycles. The van der Waals surface area contributed by atoms with E-state index in [1.165, 1.54) is 6.33 Å². The first-order valence-electron chi connectivity index (χ1n) is 7.26. The Morgan fingerprint density at radius 1 is 1.38 bits per heavy atom. The Labute approximate surface area is 122 Å². The predicted molar refractivity (Wildman–Crippen MR) is 75.8 cm³/mol. The summed E-state index contributed by atoms with van der Waals surface area (Å²) in [7, 11) is 0. The molecule has 2 heterocycles. The molecule has 2 aromatic rings. The zero-order valence-corrected chi connectivity index (χ0v) is 12.0. The highest BCUT2D eigenvalue weighted by molar-refractivity contribution is 5.95. The lowest BCUT2D eigenvalue weighted by atomic mass is 9.87. The fourth-order valence-electron chi connectivity index (χ4n) is 2.79.